The van der Waals surface area contributed by atoms with Crippen LogP contribution in [0.5, 0.6) is 0 Å². The van der Waals surface area contributed by atoms with Gasteiger partial charge >= 0.3 is 6.18 Å². The summed E-state index contributed by atoms with van der Waals surface area (Å²) in [4.78, 5) is 0. The topological polar surface area (TPSA) is 9.23 Å². The van der Waals surface area contributed by atoms with Crippen molar-refractivity contribution in [3.63, 3.8) is 0 Å². The highest BCUT2D eigenvalue weighted by molar-refractivity contribution is 8.78. The van der Waals surface area contributed by atoms with Gasteiger partial charge in [0.1, 0.15) is 5.25 Å². The summed E-state index contributed by atoms with van der Waals surface area (Å²) in [6.07, 6.45) is -5.01. The molecule has 0 aromatic rings. The molecule has 1 aliphatic rings. The number of halogens is 3. The van der Waals surface area contributed by atoms with E-state index in [4.69, 9.17) is 4.74 Å². The molecule has 0 aromatic heterocycles. The van der Waals surface area contributed by atoms with E-state index < -0.39 is 27.9 Å². The normalized spacial score (nSPS) is 30.8. The van der Waals surface area contributed by atoms with Crippen LogP contribution >= 0.6 is 21.6 Å². The molecule has 1 saturated heterocycles. The van der Waals surface area contributed by atoms with Crippen LogP contribution in [0.4, 0.5) is 13.2 Å². The highest BCUT2D eigenvalue weighted by Crippen LogP contribution is 2.57. The number of alkyl halides is 3. The molecule has 0 amide bonds. The molecule has 0 aliphatic carbocycles. The van der Waals surface area contributed by atoms with Crippen molar-refractivity contribution < 1.29 is 17.9 Å². The third-order valence-corrected chi connectivity index (χ3v) is 5.81. The summed E-state index contributed by atoms with van der Waals surface area (Å²) in [6, 6.07) is 0. The van der Waals surface area contributed by atoms with Gasteiger partial charge in [-0.2, -0.15) is 13.2 Å². The highest BCUT2D eigenvalue weighted by Gasteiger charge is 2.57. The molecule has 1 nitrogen and oxygen atoms in total. The zero-order valence-electron chi connectivity index (χ0n) is 10.0. The molecule has 1 fully saturated rings. The molecule has 2 unspecified atom stereocenters. The first kappa shape index (κ1) is 14.5. The van der Waals surface area contributed by atoms with E-state index in [1.807, 2.05) is 0 Å². The molecule has 1 aliphatic heterocycles. The standard InChI is InChI=1S/C10H17F3OS2/c1-8(2,3)14-6-7(10(11,12)13)15-16-9(6,4)5/h6-7H,1-5H3. The van der Waals surface area contributed by atoms with Crippen LogP contribution < -0.4 is 0 Å². The third kappa shape index (κ3) is 3.47. The second kappa shape index (κ2) is 4.28. The Morgan fingerprint density at radius 2 is 1.62 bits per heavy atom. The van der Waals surface area contributed by atoms with Crippen molar-refractivity contribution >= 4 is 21.6 Å². The summed E-state index contributed by atoms with van der Waals surface area (Å²) in [6.45, 7) is 8.94. The molecule has 6 heteroatoms. The Kier molecular flexibility index (Phi) is 3.88. The van der Waals surface area contributed by atoms with Crippen molar-refractivity contribution in [1.29, 1.82) is 0 Å². The van der Waals surface area contributed by atoms with E-state index >= 15 is 0 Å². The average molecular weight is 274 g/mol. The summed E-state index contributed by atoms with van der Waals surface area (Å²) in [5.41, 5.74) is -0.559. The number of hydrogen-bond acceptors (Lipinski definition) is 3. The van der Waals surface area contributed by atoms with Gasteiger partial charge in [-0.05, 0) is 34.6 Å². The molecular weight excluding hydrogens is 257 g/mol. The molecule has 1 rings (SSSR count). The van der Waals surface area contributed by atoms with E-state index in [1.54, 1.807) is 34.6 Å². The summed E-state index contributed by atoms with van der Waals surface area (Å²) >= 11 is 0. The Bertz CT molecular complexity index is 258. The quantitative estimate of drug-likeness (QED) is 0.661. The van der Waals surface area contributed by atoms with Gasteiger partial charge in [0, 0.05) is 4.75 Å². The van der Waals surface area contributed by atoms with Crippen LogP contribution in [-0.4, -0.2) is 27.9 Å². The molecule has 0 aromatic carbocycles. The first-order valence-corrected chi connectivity index (χ1v) is 7.24. The van der Waals surface area contributed by atoms with Gasteiger partial charge in [0.25, 0.3) is 0 Å². The van der Waals surface area contributed by atoms with Gasteiger partial charge in [0.05, 0.1) is 11.7 Å². The maximum absolute atomic E-state index is 12.8. The van der Waals surface area contributed by atoms with Crippen LogP contribution in [-0.2, 0) is 4.74 Å². The van der Waals surface area contributed by atoms with Crippen LogP contribution in [0.1, 0.15) is 34.6 Å². The summed E-state index contributed by atoms with van der Waals surface area (Å²) in [7, 11) is 2.13. The Morgan fingerprint density at radius 3 is 2.00 bits per heavy atom. The zero-order valence-corrected chi connectivity index (χ0v) is 11.6. The van der Waals surface area contributed by atoms with E-state index in [1.165, 1.54) is 10.8 Å². The Morgan fingerprint density at radius 1 is 1.12 bits per heavy atom. The maximum atomic E-state index is 12.8. The predicted molar refractivity (Wildman–Crippen MR) is 63.7 cm³/mol. The minimum Gasteiger partial charge on any atom is -0.370 e. The van der Waals surface area contributed by atoms with Crippen LogP contribution in [0, 0.1) is 0 Å². The van der Waals surface area contributed by atoms with E-state index in [2.05, 4.69) is 0 Å². The maximum Gasteiger partial charge on any atom is 0.403 e. The third-order valence-electron chi connectivity index (χ3n) is 2.13. The fraction of sp³-hybridized carbons (Fsp3) is 1.00. The molecule has 0 radical (unpaired) electrons. The van der Waals surface area contributed by atoms with Gasteiger partial charge in [0.2, 0.25) is 0 Å². The first-order chi connectivity index (χ1) is 6.93. The fourth-order valence-corrected chi connectivity index (χ4v) is 4.74. The Balaban J connectivity index is 2.89. The highest BCUT2D eigenvalue weighted by atomic mass is 33.1. The van der Waals surface area contributed by atoms with Crippen LogP contribution in [0.15, 0.2) is 0 Å². The fourth-order valence-electron chi connectivity index (χ4n) is 1.45. The smallest absolute Gasteiger partial charge is 0.370 e. The second-order valence-corrected chi connectivity index (χ2v) is 8.39. The first-order valence-electron chi connectivity index (χ1n) is 5.02. The van der Waals surface area contributed by atoms with Crippen molar-refractivity contribution in [3.05, 3.63) is 0 Å². The largest absolute Gasteiger partial charge is 0.403 e. The molecule has 0 saturated carbocycles. The average Bonchev–Trinajstić information content (AvgIpc) is 2.22. The van der Waals surface area contributed by atoms with E-state index in [0.717, 1.165) is 10.8 Å². The minimum atomic E-state index is -4.21. The molecular formula is C10H17F3OS2. The number of hydrogen-bond donors (Lipinski definition) is 0. The Labute approximate surface area is 102 Å². The molecule has 16 heavy (non-hydrogen) atoms. The molecule has 0 spiro atoms. The molecule has 0 N–H and O–H groups in total. The van der Waals surface area contributed by atoms with E-state index in [0.29, 0.717) is 0 Å². The van der Waals surface area contributed by atoms with Gasteiger partial charge in [-0.3, -0.25) is 0 Å². The predicted octanol–water partition coefficient (Wildman–Crippen LogP) is 4.27. The molecule has 2 atom stereocenters. The van der Waals surface area contributed by atoms with E-state index in [-0.39, 0.29) is 0 Å². The molecule has 0 bridgehead atoms. The number of ether oxygens (including phenoxy) is 1. The Hall–Kier alpha value is 0.450. The summed E-state index contributed by atoms with van der Waals surface area (Å²) < 4.78 is 43.5. The summed E-state index contributed by atoms with van der Waals surface area (Å²) in [5.74, 6) is 0. The van der Waals surface area contributed by atoms with Gasteiger partial charge in [-0.1, -0.05) is 21.6 Å². The van der Waals surface area contributed by atoms with Crippen LogP contribution in [0.25, 0.3) is 0 Å². The van der Waals surface area contributed by atoms with E-state index in [9.17, 15) is 13.2 Å². The lowest BCUT2D eigenvalue weighted by Crippen LogP contribution is -2.47. The van der Waals surface area contributed by atoms with Crippen LogP contribution in [0.2, 0.25) is 0 Å². The van der Waals surface area contributed by atoms with Gasteiger partial charge < -0.3 is 4.74 Å². The summed E-state index contributed by atoms with van der Waals surface area (Å²) in [5, 5.41) is -1.44. The molecule has 96 valence electrons. The molecule has 1 heterocycles. The van der Waals surface area contributed by atoms with Gasteiger partial charge in [0.15, 0.2) is 0 Å². The van der Waals surface area contributed by atoms with Crippen LogP contribution in [0.3, 0.4) is 0 Å². The van der Waals surface area contributed by atoms with Crippen molar-refractivity contribution in [3.8, 4) is 0 Å². The SMILES string of the molecule is CC(C)(C)OC1C(C(F)(F)F)SSC1(C)C. The van der Waals surface area contributed by atoms with Gasteiger partial charge in [-0.25, -0.2) is 0 Å². The van der Waals surface area contributed by atoms with Crippen molar-refractivity contribution in [1.82, 2.24) is 0 Å². The second-order valence-electron chi connectivity index (χ2n) is 5.40. The van der Waals surface area contributed by atoms with Crippen molar-refractivity contribution in [2.24, 2.45) is 0 Å². The lowest BCUT2D eigenvalue weighted by atomic mass is 10.0. The lowest BCUT2D eigenvalue weighted by molar-refractivity contribution is -0.172. The number of rotatable bonds is 1. The van der Waals surface area contributed by atoms with Crippen molar-refractivity contribution in [2.45, 2.75) is 62.5 Å². The van der Waals surface area contributed by atoms with Crippen molar-refractivity contribution in [2.75, 3.05) is 0 Å². The monoisotopic (exact) mass is 274 g/mol. The minimum absolute atomic E-state index is 0.516. The lowest BCUT2D eigenvalue weighted by Gasteiger charge is -2.35. The van der Waals surface area contributed by atoms with Gasteiger partial charge in [-0.15, -0.1) is 0 Å². The zero-order chi connectivity index (χ0) is 12.8.